The van der Waals surface area contributed by atoms with Crippen molar-refractivity contribution in [2.75, 3.05) is 13.2 Å². The number of carbonyl (C=O) groups is 1. The molecule has 1 amide bonds. The number of aliphatic hydroxyl groups is 2. The van der Waals surface area contributed by atoms with Crippen molar-refractivity contribution in [2.24, 2.45) is 7.05 Å². The Balaban J connectivity index is 1.93. The van der Waals surface area contributed by atoms with Crippen LogP contribution in [0.3, 0.4) is 0 Å². The van der Waals surface area contributed by atoms with E-state index in [1.807, 2.05) is 48.0 Å². The Kier molecular flexibility index (Phi) is 5.78. The first-order chi connectivity index (χ1) is 14.9. The molecule has 0 aliphatic rings. The lowest BCUT2D eigenvalue weighted by molar-refractivity contribution is 0.0943. The van der Waals surface area contributed by atoms with Crippen molar-refractivity contribution in [1.82, 2.24) is 14.9 Å². The molecule has 6 nitrogen and oxygen atoms in total. The monoisotopic (exact) mass is 435 g/mol. The van der Waals surface area contributed by atoms with Gasteiger partial charge in [0.15, 0.2) is 11.4 Å². The van der Waals surface area contributed by atoms with E-state index in [1.165, 1.54) is 0 Å². The zero-order chi connectivity index (χ0) is 22.0. The Morgan fingerprint density at radius 1 is 1.06 bits per heavy atom. The van der Waals surface area contributed by atoms with E-state index in [0.717, 1.165) is 5.52 Å². The summed E-state index contributed by atoms with van der Waals surface area (Å²) in [6, 6.07) is 21.4. The van der Waals surface area contributed by atoms with Crippen LogP contribution in [0.2, 0.25) is 5.02 Å². The summed E-state index contributed by atoms with van der Waals surface area (Å²) < 4.78 is 1.81. The zero-order valence-corrected chi connectivity index (χ0v) is 17.7. The summed E-state index contributed by atoms with van der Waals surface area (Å²) in [7, 11) is 1.83. The lowest BCUT2D eigenvalue weighted by Gasteiger charge is -2.29. The topological polar surface area (TPSA) is 87.4 Å². The molecule has 4 rings (SSSR count). The minimum absolute atomic E-state index is 0.150. The van der Waals surface area contributed by atoms with E-state index >= 15 is 0 Å². The molecule has 158 valence electrons. The van der Waals surface area contributed by atoms with Gasteiger partial charge in [-0.3, -0.25) is 4.79 Å². The first-order valence-electron chi connectivity index (χ1n) is 9.85. The second-order valence-corrected chi connectivity index (χ2v) is 7.70. The van der Waals surface area contributed by atoms with E-state index in [4.69, 9.17) is 21.7 Å². The van der Waals surface area contributed by atoms with E-state index < -0.39 is 5.60 Å². The minimum atomic E-state index is -1.62. The average Bonchev–Trinajstić information content (AvgIpc) is 3.13. The smallest absolute Gasteiger partial charge is 0.251 e. The van der Waals surface area contributed by atoms with E-state index in [-0.39, 0.29) is 19.1 Å². The molecule has 0 radical (unpaired) electrons. The maximum atomic E-state index is 12.5. The van der Waals surface area contributed by atoms with E-state index in [1.54, 1.807) is 36.4 Å². The fourth-order valence-corrected chi connectivity index (χ4v) is 3.91. The first kappa shape index (κ1) is 21.1. The largest absolute Gasteiger partial charge is 0.395 e. The second kappa shape index (κ2) is 8.51. The summed E-state index contributed by atoms with van der Waals surface area (Å²) in [4.78, 5) is 17.2. The third-order valence-corrected chi connectivity index (χ3v) is 5.53. The van der Waals surface area contributed by atoms with Gasteiger partial charge in [0.05, 0.1) is 17.6 Å². The lowest BCUT2D eigenvalue weighted by atomic mass is 9.84. The fourth-order valence-electron chi connectivity index (χ4n) is 3.75. The first-order valence-corrected chi connectivity index (χ1v) is 10.2. The highest BCUT2D eigenvalue weighted by Gasteiger charge is 2.38. The van der Waals surface area contributed by atoms with E-state index in [0.29, 0.717) is 33.1 Å². The van der Waals surface area contributed by atoms with E-state index in [2.05, 4.69) is 5.32 Å². The van der Waals surface area contributed by atoms with E-state index in [9.17, 15) is 9.90 Å². The van der Waals surface area contributed by atoms with Gasteiger partial charge in [-0.15, -0.1) is 0 Å². The highest BCUT2D eigenvalue weighted by atomic mass is 35.5. The van der Waals surface area contributed by atoms with Crippen molar-refractivity contribution in [1.29, 1.82) is 0 Å². The van der Waals surface area contributed by atoms with Crippen molar-refractivity contribution in [3.8, 4) is 0 Å². The van der Waals surface area contributed by atoms with Crippen LogP contribution in [0.25, 0.3) is 11.0 Å². The Hall–Kier alpha value is -3.19. The minimum Gasteiger partial charge on any atom is -0.395 e. The molecule has 1 unspecified atom stereocenters. The van der Waals surface area contributed by atoms with Gasteiger partial charge in [0.2, 0.25) is 0 Å². The van der Waals surface area contributed by atoms with Gasteiger partial charge in [-0.2, -0.15) is 0 Å². The summed E-state index contributed by atoms with van der Waals surface area (Å²) >= 11 is 6.18. The molecule has 0 saturated carbocycles. The van der Waals surface area contributed by atoms with Gasteiger partial charge in [-0.05, 0) is 41.5 Å². The molecule has 7 heteroatoms. The van der Waals surface area contributed by atoms with Gasteiger partial charge in [0.25, 0.3) is 5.91 Å². The van der Waals surface area contributed by atoms with Crippen LogP contribution >= 0.6 is 11.6 Å². The molecule has 0 spiro atoms. The quantitative estimate of drug-likeness (QED) is 0.434. The predicted octanol–water partition coefficient (Wildman–Crippen LogP) is 3.23. The molecular formula is C24H22ClN3O3. The highest BCUT2D eigenvalue weighted by Crippen LogP contribution is 2.37. The molecule has 0 aliphatic carbocycles. The number of nitrogens with zero attached hydrogens (tertiary/aromatic N) is 2. The Morgan fingerprint density at radius 3 is 2.55 bits per heavy atom. The van der Waals surface area contributed by atoms with Gasteiger partial charge in [-0.25, -0.2) is 4.98 Å². The molecule has 0 fully saturated rings. The van der Waals surface area contributed by atoms with Crippen molar-refractivity contribution in [3.63, 3.8) is 0 Å². The van der Waals surface area contributed by atoms with Gasteiger partial charge in [-0.1, -0.05) is 54.1 Å². The maximum absolute atomic E-state index is 12.5. The lowest BCUT2D eigenvalue weighted by Crippen LogP contribution is -2.33. The Bertz CT molecular complexity index is 1240. The molecule has 1 aromatic heterocycles. The van der Waals surface area contributed by atoms with Crippen LogP contribution in [0.1, 0.15) is 27.3 Å². The molecule has 1 heterocycles. The van der Waals surface area contributed by atoms with Gasteiger partial charge >= 0.3 is 0 Å². The molecule has 4 aromatic rings. The third-order valence-electron chi connectivity index (χ3n) is 5.30. The zero-order valence-electron chi connectivity index (χ0n) is 16.9. The number of carbonyl (C=O) groups excluding carboxylic acids is 1. The molecule has 0 saturated heterocycles. The van der Waals surface area contributed by atoms with Crippen molar-refractivity contribution < 1.29 is 15.0 Å². The van der Waals surface area contributed by atoms with Crippen LogP contribution in [0.5, 0.6) is 0 Å². The summed E-state index contributed by atoms with van der Waals surface area (Å²) in [5.74, 6) is 0.0759. The number of hydrogen-bond donors (Lipinski definition) is 3. The standard InChI is InChI=1S/C24H22ClN3O3/c1-28-21-15-19(25)10-11-20(21)27-23(28)24(31,17-7-3-2-4-8-17)18-9-5-6-16(14-18)22(30)26-12-13-29/h2-11,14-15,29,31H,12-13H2,1H3,(H,26,30). The Labute approximate surface area is 184 Å². The van der Waals surface area contributed by atoms with Gasteiger partial charge < -0.3 is 20.1 Å². The average molecular weight is 436 g/mol. The normalized spacial score (nSPS) is 13.2. The second-order valence-electron chi connectivity index (χ2n) is 7.26. The van der Waals surface area contributed by atoms with Gasteiger partial charge in [0, 0.05) is 24.2 Å². The number of rotatable bonds is 6. The maximum Gasteiger partial charge on any atom is 0.251 e. The highest BCUT2D eigenvalue weighted by molar-refractivity contribution is 6.31. The Morgan fingerprint density at radius 2 is 1.81 bits per heavy atom. The van der Waals surface area contributed by atoms with Crippen molar-refractivity contribution >= 4 is 28.5 Å². The molecule has 0 bridgehead atoms. The fraction of sp³-hybridized carbons (Fsp3) is 0.167. The predicted molar refractivity (Wildman–Crippen MR) is 120 cm³/mol. The third kappa shape index (κ3) is 3.81. The van der Waals surface area contributed by atoms with Crippen LogP contribution in [0.15, 0.2) is 72.8 Å². The van der Waals surface area contributed by atoms with Crippen LogP contribution in [-0.4, -0.2) is 38.8 Å². The van der Waals surface area contributed by atoms with Crippen LogP contribution in [0, 0.1) is 0 Å². The van der Waals surface area contributed by atoms with Crippen molar-refractivity contribution in [3.05, 3.63) is 100 Å². The van der Waals surface area contributed by atoms with Crippen LogP contribution < -0.4 is 5.32 Å². The number of aryl methyl sites for hydroxylation is 1. The van der Waals surface area contributed by atoms with Crippen LogP contribution in [0.4, 0.5) is 0 Å². The van der Waals surface area contributed by atoms with Gasteiger partial charge in [0.1, 0.15) is 0 Å². The number of aromatic nitrogens is 2. The number of hydrogen-bond acceptors (Lipinski definition) is 4. The molecule has 3 N–H and O–H groups in total. The number of amides is 1. The molecule has 31 heavy (non-hydrogen) atoms. The molecule has 3 aromatic carbocycles. The summed E-state index contributed by atoms with van der Waals surface area (Å²) in [5, 5.41) is 24.4. The summed E-state index contributed by atoms with van der Waals surface area (Å²) in [6.07, 6.45) is 0. The number of halogens is 1. The SMILES string of the molecule is Cn1c(C(O)(c2ccccc2)c2cccc(C(=O)NCCO)c2)nc2ccc(Cl)cc21. The number of aliphatic hydroxyl groups excluding tert-OH is 1. The molecule has 0 aliphatic heterocycles. The number of nitrogens with one attached hydrogen (secondary N) is 1. The number of imidazole rings is 1. The molecular weight excluding hydrogens is 414 g/mol. The molecule has 1 atom stereocenters. The summed E-state index contributed by atoms with van der Waals surface area (Å²) in [5.41, 5.74) is 1.37. The number of benzene rings is 3. The summed E-state index contributed by atoms with van der Waals surface area (Å²) in [6.45, 7) is -0.000663. The van der Waals surface area contributed by atoms with Crippen molar-refractivity contribution in [2.45, 2.75) is 5.60 Å². The number of fused-ring (bicyclic) bond motifs is 1. The van der Waals surface area contributed by atoms with Crippen LogP contribution in [-0.2, 0) is 12.6 Å².